The molecule has 4 aromatic heterocycles. The van der Waals surface area contributed by atoms with Gasteiger partial charge in [0, 0.05) is 33.8 Å². The number of nitrogens with zero attached hydrogens (tertiary/aromatic N) is 7. The van der Waals surface area contributed by atoms with E-state index in [1.807, 2.05) is 64.1 Å². The summed E-state index contributed by atoms with van der Waals surface area (Å²) in [5.41, 5.74) is 2.32. The van der Waals surface area contributed by atoms with E-state index >= 15 is 0 Å². The molecule has 13 nitrogen and oxygen atoms in total. The van der Waals surface area contributed by atoms with Crippen molar-refractivity contribution in [1.29, 1.82) is 0 Å². The number of aliphatic hydroxyl groups excluding tert-OH is 2. The summed E-state index contributed by atoms with van der Waals surface area (Å²) in [6, 6.07) is 14.9. The number of fused-ring (bicyclic) bond motifs is 3. The highest BCUT2D eigenvalue weighted by Crippen LogP contribution is 2.29. The van der Waals surface area contributed by atoms with Crippen LogP contribution in [-0.2, 0) is 6.54 Å². The van der Waals surface area contributed by atoms with Crippen molar-refractivity contribution in [3.05, 3.63) is 120 Å². The Morgan fingerprint density at radius 2 is 1.43 bits per heavy atom. The van der Waals surface area contributed by atoms with Crippen LogP contribution in [0, 0.1) is 0 Å². The van der Waals surface area contributed by atoms with Gasteiger partial charge in [-0.25, -0.2) is 19.0 Å². The van der Waals surface area contributed by atoms with Crippen LogP contribution in [0.3, 0.4) is 0 Å². The second-order valence-corrected chi connectivity index (χ2v) is 14.4. The lowest BCUT2D eigenvalue weighted by atomic mass is 10.1. The minimum Gasteiger partial charge on any atom is -0.453 e. The van der Waals surface area contributed by atoms with Crippen molar-refractivity contribution in [1.82, 2.24) is 38.7 Å². The largest absolute Gasteiger partial charge is 0.453 e. The predicted octanol–water partition coefficient (Wildman–Crippen LogP) is 7.54. The van der Waals surface area contributed by atoms with Crippen molar-refractivity contribution < 1.29 is 14.9 Å². The van der Waals surface area contributed by atoms with Gasteiger partial charge in [0.15, 0.2) is 11.0 Å². The molecule has 0 amide bonds. The van der Waals surface area contributed by atoms with Crippen molar-refractivity contribution in [2.24, 2.45) is 0 Å². The molecular weight excluding hydrogens is 811 g/mol. The summed E-state index contributed by atoms with van der Waals surface area (Å²) in [6.07, 6.45) is 4.43. The molecule has 284 valence electrons. The van der Waals surface area contributed by atoms with Crippen molar-refractivity contribution in [3.8, 4) is 6.01 Å². The number of aromatic nitrogens is 8. The molecule has 5 heterocycles. The van der Waals surface area contributed by atoms with E-state index < -0.39 is 6.10 Å². The van der Waals surface area contributed by atoms with Crippen LogP contribution in [-0.4, -0.2) is 60.9 Å². The fourth-order valence-electron chi connectivity index (χ4n) is 5.01. The maximum atomic E-state index is 12.6. The lowest BCUT2D eigenvalue weighted by Crippen LogP contribution is -2.21. The van der Waals surface area contributed by atoms with Gasteiger partial charge in [-0.3, -0.25) is 19.1 Å². The van der Waals surface area contributed by atoms with Crippen molar-refractivity contribution in [2.75, 3.05) is 11.9 Å². The number of unbranched alkanes of at least 4 members (excludes halogenated alkanes) is 1. The third-order valence-electron chi connectivity index (χ3n) is 7.83. The van der Waals surface area contributed by atoms with Crippen LogP contribution >= 0.6 is 50.7 Å². The predicted molar refractivity (Wildman–Crippen MR) is 211 cm³/mol. The number of hydrogen-bond acceptors (Lipinski definition) is 9. The van der Waals surface area contributed by atoms with Crippen molar-refractivity contribution >= 4 is 61.8 Å². The average molecular weight is 853 g/mol. The van der Waals surface area contributed by atoms with E-state index in [9.17, 15) is 14.7 Å². The number of alkyl halides is 1. The Labute approximate surface area is 329 Å². The van der Waals surface area contributed by atoms with Crippen LogP contribution in [0.15, 0.2) is 70.5 Å². The van der Waals surface area contributed by atoms with Crippen LogP contribution < -0.4 is 15.9 Å². The van der Waals surface area contributed by atoms with Gasteiger partial charge < -0.3 is 14.9 Å². The SMILES string of the molecule is CC(C)c1ncc2c(=O)[nH]c(Cl)nn12.CC(C)c1ncc2c(=O)n3c(nn12)OC(c1ccc(Cl)cc1)C3.CCCCO.OC(CBr)c1ccc(Cl)cc1. The standard InChI is InChI=1S/C16H15ClN4O2.C8H8BrClO.C8H9ClN4O.C4H10O/c1-9(2)14-18-7-12-15(22)20-8-13(23-16(20)19-21(12)14)10-3-5-11(17)6-4-10;9-5-8(11)6-1-3-7(10)4-2-6;1-4(2)6-10-3-5-7(14)11-8(9)12-13(5)6;1-2-3-4-5/h3-7,9,13H,8H2,1-2H3;1-4,8,11H,5H2;3-4H,1-2H3,(H,11,12,14);5H,2-4H2,1H3. The van der Waals surface area contributed by atoms with Crippen molar-refractivity contribution in [3.63, 3.8) is 0 Å². The molecule has 0 bridgehead atoms. The van der Waals surface area contributed by atoms with Crippen LogP contribution in [0.2, 0.25) is 15.3 Å². The third-order valence-corrected chi connectivity index (χ3v) is 9.12. The molecule has 17 heteroatoms. The number of aromatic amines is 1. The first-order valence-corrected chi connectivity index (χ1v) is 19.2. The Kier molecular flexibility index (Phi) is 15.4. The molecule has 0 aliphatic carbocycles. The van der Waals surface area contributed by atoms with E-state index in [0.717, 1.165) is 35.6 Å². The molecule has 2 aromatic carbocycles. The van der Waals surface area contributed by atoms with Gasteiger partial charge in [-0.05, 0) is 53.4 Å². The molecule has 7 rings (SSSR count). The number of halogens is 4. The Bertz CT molecular complexity index is 2200. The van der Waals surface area contributed by atoms with Gasteiger partial charge in [0.1, 0.15) is 17.8 Å². The average Bonchev–Trinajstić information content (AvgIpc) is 3.88. The van der Waals surface area contributed by atoms with Crippen LogP contribution in [0.5, 0.6) is 6.01 Å². The summed E-state index contributed by atoms with van der Waals surface area (Å²) in [5, 5.41) is 27.8. The summed E-state index contributed by atoms with van der Waals surface area (Å²) in [7, 11) is 0. The van der Waals surface area contributed by atoms with E-state index in [1.165, 1.54) is 10.7 Å². The lowest BCUT2D eigenvalue weighted by Gasteiger charge is -2.08. The van der Waals surface area contributed by atoms with Gasteiger partial charge in [0.2, 0.25) is 5.28 Å². The van der Waals surface area contributed by atoms with Gasteiger partial charge >= 0.3 is 6.01 Å². The minimum absolute atomic E-state index is 0.0717. The topological polar surface area (TPSA) is 165 Å². The Balaban J connectivity index is 0.000000179. The fourth-order valence-corrected chi connectivity index (χ4v) is 5.80. The fraction of sp³-hybridized carbons (Fsp3) is 0.389. The minimum atomic E-state index is -0.438. The zero-order valence-corrected chi connectivity index (χ0v) is 33.7. The number of imidazole rings is 2. The molecule has 0 saturated carbocycles. The Hall–Kier alpha value is -3.79. The number of ether oxygens (including phenoxy) is 1. The van der Waals surface area contributed by atoms with Gasteiger partial charge in [0.05, 0.1) is 25.0 Å². The third kappa shape index (κ3) is 10.7. The summed E-state index contributed by atoms with van der Waals surface area (Å²) in [6.45, 7) is 10.8. The summed E-state index contributed by atoms with van der Waals surface area (Å²) >= 11 is 20.4. The Morgan fingerprint density at radius 1 is 0.887 bits per heavy atom. The molecule has 1 aliphatic heterocycles. The van der Waals surface area contributed by atoms with Crippen LogP contribution in [0.25, 0.3) is 11.0 Å². The van der Waals surface area contributed by atoms with Gasteiger partial charge in [-0.15, -0.1) is 10.2 Å². The highest BCUT2D eigenvalue weighted by molar-refractivity contribution is 9.09. The molecule has 0 spiro atoms. The zero-order chi connectivity index (χ0) is 38.8. The van der Waals surface area contributed by atoms with Crippen LogP contribution in [0.1, 0.15) is 94.3 Å². The van der Waals surface area contributed by atoms with E-state index in [4.69, 9.17) is 44.6 Å². The van der Waals surface area contributed by atoms with E-state index in [-0.39, 0.29) is 34.3 Å². The molecule has 2 atom stereocenters. The summed E-state index contributed by atoms with van der Waals surface area (Å²) in [4.78, 5) is 34.9. The molecule has 0 radical (unpaired) electrons. The van der Waals surface area contributed by atoms with E-state index in [0.29, 0.717) is 45.6 Å². The summed E-state index contributed by atoms with van der Waals surface area (Å²) in [5.74, 6) is 1.84. The number of nitrogens with one attached hydrogen (secondary N) is 1. The number of hydrogen-bond donors (Lipinski definition) is 3. The molecule has 53 heavy (non-hydrogen) atoms. The first kappa shape index (κ1) is 42.0. The number of H-pyrrole nitrogens is 1. The number of benzene rings is 2. The quantitative estimate of drug-likeness (QED) is 0.138. The molecule has 0 fully saturated rings. The van der Waals surface area contributed by atoms with Gasteiger partial charge in [-0.1, -0.05) is 104 Å². The normalized spacial score (nSPS) is 13.8. The maximum Gasteiger partial charge on any atom is 0.317 e. The second kappa shape index (κ2) is 19.5. The highest BCUT2D eigenvalue weighted by atomic mass is 79.9. The van der Waals surface area contributed by atoms with Gasteiger partial charge in [0.25, 0.3) is 11.1 Å². The Morgan fingerprint density at radius 3 is 1.94 bits per heavy atom. The highest BCUT2D eigenvalue weighted by Gasteiger charge is 2.29. The molecule has 1 aliphatic rings. The number of aliphatic hydroxyl groups is 2. The second-order valence-electron chi connectivity index (χ2n) is 12.5. The first-order chi connectivity index (χ1) is 25.3. The van der Waals surface area contributed by atoms with E-state index in [2.05, 4.69) is 48.0 Å². The smallest absolute Gasteiger partial charge is 0.317 e. The van der Waals surface area contributed by atoms with Crippen LogP contribution in [0.4, 0.5) is 0 Å². The van der Waals surface area contributed by atoms with E-state index in [1.54, 1.807) is 27.4 Å². The molecule has 0 saturated heterocycles. The monoisotopic (exact) mass is 850 g/mol. The van der Waals surface area contributed by atoms with Gasteiger partial charge in [-0.2, -0.15) is 0 Å². The molecular formula is C36H42BrCl3N8O5. The molecule has 3 N–H and O–H groups in total. The first-order valence-electron chi connectivity index (χ1n) is 16.9. The maximum absolute atomic E-state index is 12.6. The molecule has 6 aromatic rings. The molecule has 2 unspecified atom stereocenters. The number of rotatable bonds is 7. The summed E-state index contributed by atoms with van der Waals surface area (Å²) < 4.78 is 10.5. The lowest BCUT2D eigenvalue weighted by molar-refractivity contribution is 0.205. The van der Waals surface area contributed by atoms with Crippen molar-refractivity contribution in [2.45, 2.75) is 78.0 Å². The zero-order valence-electron chi connectivity index (χ0n) is 29.9.